The quantitative estimate of drug-likeness (QED) is 0.862. The van der Waals surface area contributed by atoms with E-state index in [4.69, 9.17) is 0 Å². The van der Waals surface area contributed by atoms with Gasteiger partial charge in [0.1, 0.15) is 6.04 Å². The van der Waals surface area contributed by atoms with Crippen LogP contribution in [0, 0.1) is 0 Å². The molecule has 2 unspecified atom stereocenters. The third kappa shape index (κ3) is 3.17. The maximum absolute atomic E-state index is 12.7. The lowest BCUT2D eigenvalue weighted by Crippen LogP contribution is -2.48. The molecule has 0 bridgehead atoms. The van der Waals surface area contributed by atoms with Gasteiger partial charge in [0, 0.05) is 29.2 Å². The van der Waals surface area contributed by atoms with Gasteiger partial charge in [0.05, 0.1) is 4.87 Å². The van der Waals surface area contributed by atoms with Crippen molar-refractivity contribution < 1.29 is 9.59 Å². The number of benzene rings is 2. The van der Waals surface area contributed by atoms with Gasteiger partial charge in [-0.3, -0.25) is 9.59 Å². The van der Waals surface area contributed by atoms with Gasteiger partial charge in [0.15, 0.2) is 0 Å². The highest BCUT2D eigenvalue weighted by molar-refractivity contribution is 8.01. The fourth-order valence-corrected chi connectivity index (χ4v) is 5.00. The Bertz CT molecular complexity index is 825. The van der Waals surface area contributed by atoms with Crippen LogP contribution in [-0.2, 0) is 9.59 Å². The second-order valence-electron chi connectivity index (χ2n) is 6.82. The molecular formula is C20H21N3O2S. The van der Waals surface area contributed by atoms with Crippen molar-refractivity contribution in [3.63, 3.8) is 0 Å². The molecule has 2 heterocycles. The molecule has 2 aliphatic rings. The van der Waals surface area contributed by atoms with E-state index in [1.807, 2.05) is 54.6 Å². The summed E-state index contributed by atoms with van der Waals surface area (Å²) in [7, 11) is 0. The van der Waals surface area contributed by atoms with Crippen molar-refractivity contribution in [3.8, 4) is 0 Å². The largest absolute Gasteiger partial charge is 0.356 e. The van der Waals surface area contributed by atoms with E-state index < -0.39 is 0 Å². The van der Waals surface area contributed by atoms with Gasteiger partial charge in [-0.05, 0) is 49.7 Å². The van der Waals surface area contributed by atoms with Crippen LogP contribution in [0.3, 0.4) is 0 Å². The molecule has 0 aromatic heterocycles. The van der Waals surface area contributed by atoms with Gasteiger partial charge < -0.3 is 15.5 Å². The molecule has 26 heavy (non-hydrogen) atoms. The number of thioether (sulfide) groups is 1. The molecule has 2 fully saturated rings. The van der Waals surface area contributed by atoms with Gasteiger partial charge in [-0.15, -0.1) is 11.8 Å². The maximum Gasteiger partial charge on any atom is 0.248 e. The SMILES string of the molecule is CC12CCC(=O)N1C(C(=O)Nc1ccc(Nc3ccccc3)cc1)CS2. The number of carbonyl (C=O) groups excluding carboxylic acids is 2. The van der Waals surface area contributed by atoms with Crippen molar-refractivity contribution in [2.75, 3.05) is 16.4 Å². The molecule has 2 aromatic carbocycles. The molecule has 4 rings (SSSR count). The highest BCUT2D eigenvalue weighted by atomic mass is 32.2. The normalized spacial score (nSPS) is 24.4. The molecule has 134 valence electrons. The van der Waals surface area contributed by atoms with Crippen molar-refractivity contribution >= 4 is 40.6 Å². The zero-order chi connectivity index (χ0) is 18.1. The van der Waals surface area contributed by atoms with Crippen LogP contribution in [0.15, 0.2) is 54.6 Å². The molecule has 5 nitrogen and oxygen atoms in total. The molecule has 2 atom stereocenters. The lowest BCUT2D eigenvalue weighted by atomic mass is 10.2. The molecule has 2 aromatic rings. The Morgan fingerprint density at radius 3 is 2.46 bits per heavy atom. The molecule has 0 radical (unpaired) electrons. The Hall–Kier alpha value is -2.47. The summed E-state index contributed by atoms with van der Waals surface area (Å²) in [5, 5.41) is 6.26. The van der Waals surface area contributed by atoms with Crippen molar-refractivity contribution in [2.45, 2.75) is 30.7 Å². The average Bonchev–Trinajstić information content (AvgIpc) is 3.14. The molecule has 2 aliphatic heterocycles. The van der Waals surface area contributed by atoms with Crippen LogP contribution >= 0.6 is 11.8 Å². The number of rotatable bonds is 4. The summed E-state index contributed by atoms with van der Waals surface area (Å²) >= 11 is 1.70. The van der Waals surface area contributed by atoms with Gasteiger partial charge in [-0.1, -0.05) is 18.2 Å². The van der Waals surface area contributed by atoms with Gasteiger partial charge in [0.2, 0.25) is 11.8 Å². The highest BCUT2D eigenvalue weighted by Gasteiger charge is 2.52. The molecule has 2 saturated heterocycles. The first-order valence-corrected chi connectivity index (χ1v) is 9.73. The van der Waals surface area contributed by atoms with E-state index in [0.717, 1.165) is 23.5 Å². The third-order valence-corrected chi connectivity index (χ3v) is 6.47. The van der Waals surface area contributed by atoms with E-state index in [0.29, 0.717) is 12.2 Å². The number of amides is 2. The van der Waals surface area contributed by atoms with Crippen molar-refractivity contribution in [3.05, 3.63) is 54.6 Å². The smallest absolute Gasteiger partial charge is 0.248 e. The van der Waals surface area contributed by atoms with Crippen LogP contribution in [0.2, 0.25) is 0 Å². The Morgan fingerprint density at radius 2 is 1.73 bits per heavy atom. The van der Waals surface area contributed by atoms with Crippen molar-refractivity contribution in [2.24, 2.45) is 0 Å². The second kappa shape index (κ2) is 6.68. The van der Waals surface area contributed by atoms with Gasteiger partial charge >= 0.3 is 0 Å². The van der Waals surface area contributed by atoms with Crippen LogP contribution in [0.5, 0.6) is 0 Å². The number of para-hydroxylation sites is 1. The maximum atomic E-state index is 12.7. The number of hydrogen-bond donors (Lipinski definition) is 2. The predicted molar refractivity (Wildman–Crippen MR) is 106 cm³/mol. The van der Waals surface area contributed by atoms with Crippen LogP contribution < -0.4 is 10.6 Å². The Labute approximate surface area is 157 Å². The number of hydrogen-bond acceptors (Lipinski definition) is 4. The first kappa shape index (κ1) is 17.0. The van der Waals surface area contributed by atoms with Gasteiger partial charge in [0.25, 0.3) is 0 Å². The zero-order valence-electron chi connectivity index (χ0n) is 14.6. The monoisotopic (exact) mass is 367 g/mol. The van der Waals surface area contributed by atoms with Crippen molar-refractivity contribution in [1.29, 1.82) is 0 Å². The average molecular weight is 367 g/mol. The Balaban J connectivity index is 1.41. The van der Waals surface area contributed by atoms with E-state index in [9.17, 15) is 9.59 Å². The molecule has 2 N–H and O–H groups in total. The topological polar surface area (TPSA) is 61.4 Å². The summed E-state index contributed by atoms with van der Waals surface area (Å²) < 4.78 is 0. The van der Waals surface area contributed by atoms with E-state index >= 15 is 0 Å². The summed E-state index contributed by atoms with van der Waals surface area (Å²) in [5.41, 5.74) is 2.70. The second-order valence-corrected chi connectivity index (χ2v) is 8.32. The van der Waals surface area contributed by atoms with Crippen molar-refractivity contribution in [1.82, 2.24) is 4.90 Å². The number of fused-ring (bicyclic) bond motifs is 1. The lowest BCUT2D eigenvalue weighted by Gasteiger charge is -2.29. The summed E-state index contributed by atoms with van der Waals surface area (Å²) in [5.74, 6) is 0.627. The Morgan fingerprint density at radius 1 is 1.08 bits per heavy atom. The molecule has 0 spiro atoms. The number of carbonyl (C=O) groups is 2. The first-order chi connectivity index (χ1) is 12.5. The van der Waals surface area contributed by atoms with Crippen LogP contribution in [0.4, 0.5) is 17.1 Å². The molecular weight excluding hydrogens is 346 g/mol. The van der Waals surface area contributed by atoms with E-state index in [2.05, 4.69) is 17.6 Å². The molecule has 2 amide bonds. The number of nitrogens with one attached hydrogen (secondary N) is 2. The third-order valence-electron chi connectivity index (χ3n) is 4.96. The van der Waals surface area contributed by atoms with Crippen LogP contribution in [0.25, 0.3) is 0 Å². The lowest BCUT2D eigenvalue weighted by molar-refractivity contribution is -0.135. The minimum atomic E-state index is -0.387. The summed E-state index contributed by atoms with van der Waals surface area (Å²) in [6.07, 6.45) is 1.35. The van der Waals surface area contributed by atoms with E-state index in [-0.39, 0.29) is 22.7 Å². The minimum Gasteiger partial charge on any atom is -0.356 e. The first-order valence-electron chi connectivity index (χ1n) is 8.74. The fourth-order valence-electron chi connectivity index (χ4n) is 3.57. The standard InChI is InChI=1S/C20H21N3O2S/c1-20-12-11-18(24)23(20)17(13-26-20)19(25)22-16-9-7-15(8-10-16)21-14-5-3-2-4-6-14/h2-10,17,21H,11-13H2,1H3,(H,22,25). The predicted octanol–water partition coefficient (Wildman–Crippen LogP) is 3.82. The van der Waals surface area contributed by atoms with Crippen LogP contribution in [-0.4, -0.2) is 33.4 Å². The Kier molecular flexibility index (Phi) is 4.36. The van der Waals surface area contributed by atoms with E-state index in [1.54, 1.807) is 16.7 Å². The fraction of sp³-hybridized carbons (Fsp3) is 0.300. The summed E-state index contributed by atoms with van der Waals surface area (Å²) in [6, 6.07) is 17.1. The number of anilines is 3. The zero-order valence-corrected chi connectivity index (χ0v) is 15.4. The summed E-state index contributed by atoms with van der Waals surface area (Å²) in [4.78, 5) is 26.4. The van der Waals surface area contributed by atoms with Gasteiger partial charge in [-0.25, -0.2) is 0 Å². The van der Waals surface area contributed by atoms with Gasteiger partial charge in [-0.2, -0.15) is 0 Å². The minimum absolute atomic E-state index is 0.0834. The summed E-state index contributed by atoms with van der Waals surface area (Å²) in [6.45, 7) is 2.06. The molecule has 0 saturated carbocycles. The van der Waals surface area contributed by atoms with Crippen LogP contribution in [0.1, 0.15) is 19.8 Å². The number of nitrogens with zero attached hydrogens (tertiary/aromatic N) is 1. The highest BCUT2D eigenvalue weighted by Crippen LogP contribution is 2.47. The molecule has 0 aliphatic carbocycles. The molecule has 6 heteroatoms. The van der Waals surface area contributed by atoms with E-state index in [1.165, 1.54) is 0 Å².